The number of aromatic nitrogens is 4. The molecule has 0 aliphatic heterocycles. The second kappa shape index (κ2) is 17.2. The van der Waals surface area contributed by atoms with Crippen LogP contribution in [0, 0.1) is 6.92 Å². The zero-order valence-corrected chi connectivity index (χ0v) is 24.9. The molecule has 6 N–H and O–H groups in total. The molecule has 0 saturated carbocycles. The van der Waals surface area contributed by atoms with Gasteiger partial charge in [-0.1, -0.05) is 31.9 Å². The number of carboxylic acids is 2. The van der Waals surface area contributed by atoms with Crippen molar-refractivity contribution < 1.29 is 29.3 Å². The fourth-order valence-electron chi connectivity index (χ4n) is 4.33. The number of hydrogen-bond donors (Lipinski definition) is 4. The first kappa shape index (κ1) is 34.4. The van der Waals surface area contributed by atoms with E-state index < -0.39 is 24.1 Å². The molecule has 42 heavy (non-hydrogen) atoms. The maximum atomic E-state index is 13.0. The zero-order valence-electron chi connectivity index (χ0n) is 24.9. The van der Waals surface area contributed by atoms with Gasteiger partial charge in [-0.3, -0.25) is 18.8 Å². The van der Waals surface area contributed by atoms with Gasteiger partial charge in [0, 0.05) is 20.1 Å². The number of ether oxygens (including phenoxy) is 2. The van der Waals surface area contributed by atoms with Crippen molar-refractivity contribution in [2.45, 2.75) is 78.0 Å². The number of unbranched alkanes of at least 4 members (excludes halogenated alkanes) is 1. The third-order valence-corrected chi connectivity index (χ3v) is 6.55. The first-order chi connectivity index (χ1) is 20.0. The molecule has 13 heteroatoms. The topological polar surface area (TPSA) is 198 Å². The number of aryl methyl sites for hydroxylation is 3. The van der Waals surface area contributed by atoms with E-state index in [0.717, 1.165) is 36.9 Å². The summed E-state index contributed by atoms with van der Waals surface area (Å²) in [6, 6.07) is 6.50. The Kier molecular flexibility index (Phi) is 14.1. The molecule has 0 spiro atoms. The average Bonchev–Trinajstić information content (AvgIpc) is 3.26. The third kappa shape index (κ3) is 9.93. The van der Waals surface area contributed by atoms with Crippen LogP contribution >= 0.6 is 0 Å². The molecule has 0 fully saturated rings. The quantitative estimate of drug-likeness (QED) is 0.179. The van der Waals surface area contributed by atoms with E-state index in [0.29, 0.717) is 55.3 Å². The van der Waals surface area contributed by atoms with Crippen molar-refractivity contribution in [1.82, 2.24) is 19.3 Å². The number of nitrogens with zero attached hydrogens (tertiary/aromatic N) is 4. The van der Waals surface area contributed by atoms with Gasteiger partial charge in [0.15, 0.2) is 11.6 Å². The van der Waals surface area contributed by atoms with Gasteiger partial charge >= 0.3 is 11.9 Å². The maximum absolute atomic E-state index is 13.0. The van der Waals surface area contributed by atoms with E-state index in [1.165, 1.54) is 0 Å². The lowest BCUT2D eigenvalue weighted by molar-refractivity contribution is -0.150. The second-order valence-electron chi connectivity index (χ2n) is 9.84. The van der Waals surface area contributed by atoms with Crippen molar-refractivity contribution >= 4 is 23.0 Å². The van der Waals surface area contributed by atoms with E-state index >= 15 is 0 Å². The minimum absolute atomic E-state index is 0.126. The first-order valence-electron chi connectivity index (χ1n) is 14.2. The van der Waals surface area contributed by atoms with Crippen molar-refractivity contribution in [2.75, 3.05) is 19.8 Å². The third-order valence-electron chi connectivity index (χ3n) is 6.55. The van der Waals surface area contributed by atoms with Crippen LogP contribution in [-0.2, 0) is 40.8 Å². The molecule has 2 atom stereocenters. The van der Waals surface area contributed by atoms with Crippen LogP contribution in [-0.4, -0.2) is 73.4 Å². The van der Waals surface area contributed by atoms with E-state index in [1.807, 2.05) is 19.1 Å². The summed E-state index contributed by atoms with van der Waals surface area (Å²) in [4.78, 5) is 39.0. The molecule has 0 saturated heterocycles. The van der Waals surface area contributed by atoms with E-state index in [1.54, 1.807) is 35.4 Å². The zero-order chi connectivity index (χ0) is 31.2. The Balaban J connectivity index is 0.000000528. The number of rotatable bonds is 16. The smallest absolute Gasteiger partial charge is 0.333 e. The molecule has 0 aliphatic rings. The lowest BCUT2D eigenvalue weighted by Crippen LogP contribution is -2.29. The summed E-state index contributed by atoms with van der Waals surface area (Å²) < 4.78 is 14.3. The fourth-order valence-corrected chi connectivity index (χ4v) is 4.33. The predicted molar refractivity (Wildman–Crippen MR) is 159 cm³/mol. The Bertz CT molecular complexity index is 1350. The van der Waals surface area contributed by atoms with Gasteiger partial charge in [-0.15, -0.1) is 0 Å². The van der Waals surface area contributed by atoms with Gasteiger partial charge in [0.1, 0.15) is 29.7 Å². The number of hydrogen-bond acceptors (Lipinski definition) is 9. The number of nitrogens with two attached hydrogens (primary N) is 2. The molecule has 3 aromatic rings. The van der Waals surface area contributed by atoms with Crippen molar-refractivity contribution in [3.8, 4) is 5.75 Å². The summed E-state index contributed by atoms with van der Waals surface area (Å²) in [6.07, 6.45) is 3.30. The number of fused-ring (bicyclic) bond motifs is 1. The molecule has 0 bridgehead atoms. The van der Waals surface area contributed by atoms with Gasteiger partial charge in [0.25, 0.3) is 5.56 Å². The Morgan fingerprint density at radius 1 is 1.10 bits per heavy atom. The SMILES string of the molecule is CCCc1nn(C)c2c(=O)n(CCOc3ccc(CC(OCC)C(=O)O)cc3)c(C)nc12.NCCCCC(N)C(=O)O. The summed E-state index contributed by atoms with van der Waals surface area (Å²) in [7, 11) is 1.77. The van der Waals surface area contributed by atoms with Crippen LogP contribution in [0.2, 0.25) is 0 Å². The molecule has 3 rings (SSSR count). The normalized spacial score (nSPS) is 12.4. The largest absolute Gasteiger partial charge is 0.492 e. The highest BCUT2D eigenvalue weighted by Gasteiger charge is 2.18. The molecule has 13 nitrogen and oxygen atoms in total. The molecule has 0 radical (unpaired) electrons. The van der Waals surface area contributed by atoms with Crippen LogP contribution < -0.4 is 21.8 Å². The Morgan fingerprint density at radius 2 is 1.79 bits per heavy atom. The van der Waals surface area contributed by atoms with E-state index in [4.69, 9.17) is 26.0 Å². The van der Waals surface area contributed by atoms with E-state index in [2.05, 4.69) is 17.0 Å². The highest BCUT2D eigenvalue weighted by molar-refractivity contribution is 5.76. The Hall–Kier alpha value is -3.81. The minimum Gasteiger partial charge on any atom is -0.492 e. The van der Waals surface area contributed by atoms with Crippen LogP contribution in [0.3, 0.4) is 0 Å². The summed E-state index contributed by atoms with van der Waals surface area (Å²) in [5.74, 6) is -0.643. The van der Waals surface area contributed by atoms with Crippen LogP contribution in [0.1, 0.15) is 56.6 Å². The summed E-state index contributed by atoms with van der Waals surface area (Å²) in [6.45, 7) is 7.25. The lowest BCUT2D eigenvalue weighted by atomic mass is 10.1. The second-order valence-corrected chi connectivity index (χ2v) is 9.84. The van der Waals surface area contributed by atoms with E-state index in [9.17, 15) is 19.5 Å². The summed E-state index contributed by atoms with van der Waals surface area (Å²) in [5.41, 5.74) is 13.2. The van der Waals surface area contributed by atoms with Crippen molar-refractivity contribution in [3.63, 3.8) is 0 Å². The van der Waals surface area contributed by atoms with Gasteiger partial charge in [-0.05, 0) is 57.4 Å². The number of benzene rings is 1. The molecule has 1 aromatic carbocycles. The Labute approximate surface area is 245 Å². The molecule has 2 heterocycles. The molecular formula is C29H44N6O7. The number of carbonyl (C=O) groups is 2. The van der Waals surface area contributed by atoms with Gasteiger partial charge in [0.05, 0.1) is 12.2 Å². The molecule has 0 amide bonds. The van der Waals surface area contributed by atoms with Crippen molar-refractivity contribution in [3.05, 3.63) is 51.7 Å². The minimum atomic E-state index is -0.978. The van der Waals surface area contributed by atoms with Crippen LogP contribution in [0.5, 0.6) is 5.75 Å². The summed E-state index contributed by atoms with van der Waals surface area (Å²) in [5, 5.41) is 22.0. The van der Waals surface area contributed by atoms with E-state index in [-0.39, 0.29) is 12.0 Å². The van der Waals surface area contributed by atoms with Crippen LogP contribution in [0.15, 0.2) is 29.1 Å². The van der Waals surface area contributed by atoms with Crippen molar-refractivity contribution in [1.29, 1.82) is 0 Å². The maximum Gasteiger partial charge on any atom is 0.333 e. The van der Waals surface area contributed by atoms with Crippen LogP contribution in [0.25, 0.3) is 11.0 Å². The fraction of sp³-hybridized carbons (Fsp3) is 0.552. The highest BCUT2D eigenvalue weighted by Crippen LogP contribution is 2.16. The molecule has 2 unspecified atom stereocenters. The van der Waals surface area contributed by atoms with Gasteiger partial charge < -0.3 is 31.2 Å². The lowest BCUT2D eigenvalue weighted by Gasteiger charge is -2.13. The average molecular weight is 589 g/mol. The Morgan fingerprint density at radius 3 is 2.36 bits per heavy atom. The standard InChI is InChI=1S/C23H30N4O5.C6H14N2O2/c1-5-7-18-20-21(26(4)25-18)22(28)27(15(3)24-20)12-13-32-17-10-8-16(9-11-17)14-19(23(29)30)31-6-2;7-4-2-1-3-5(8)6(9)10/h8-11,19H,5-7,12-14H2,1-4H3,(H,29,30);5H,1-4,7-8H2,(H,9,10). The van der Waals surface area contributed by atoms with Gasteiger partial charge in [-0.25, -0.2) is 9.78 Å². The number of aliphatic carboxylic acids is 2. The number of carboxylic acid groups (broad SMARTS) is 2. The molecular weight excluding hydrogens is 544 g/mol. The highest BCUT2D eigenvalue weighted by atomic mass is 16.5. The molecule has 0 aliphatic carbocycles. The van der Waals surface area contributed by atoms with Crippen LogP contribution in [0.4, 0.5) is 0 Å². The molecule has 2 aromatic heterocycles. The van der Waals surface area contributed by atoms with Gasteiger partial charge in [-0.2, -0.15) is 5.10 Å². The monoisotopic (exact) mass is 588 g/mol. The van der Waals surface area contributed by atoms with Gasteiger partial charge in [0.2, 0.25) is 0 Å². The predicted octanol–water partition coefficient (Wildman–Crippen LogP) is 2.03. The molecule has 232 valence electrons. The first-order valence-corrected chi connectivity index (χ1v) is 14.2. The summed E-state index contributed by atoms with van der Waals surface area (Å²) >= 11 is 0. The van der Waals surface area contributed by atoms with Crippen molar-refractivity contribution in [2.24, 2.45) is 18.5 Å².